The van der Waals surface area contributed by atoms with Gasteiger partial charge in [0.05, 0.1) is 0 Å². The van der Waals surface area contributed by atoms with E-state index in [4.69, 9.17) is 0 Å². The molecule has 7 heteroatoms. The van der Waals surface area contributed by atoms with Crippen molar-refractivity contribution in [3.63, 3.8) is 0 Å². The van der Waals surface area contributed by atoms with Gasteiger partial charge in [0.15, 0.2) is 0 Å². The minimum Gasteiger partial charge on any atom is -0.306 e. The lowest BCUT2D eigenvalue weighted by Gasteiger charge is -2.21. The highest BCUT2D eigenvalue weighted by atomic mass is 19.4. The number of hydrogen-bond donors (Lipinski definition) is 0. The Morgan fingerprint density at radius 2 is 2.14 bits per heavy atom. The van der Waals surface area contributed by atoms with Crippen LogP contribution >= 0.6 is 0 Å². The monoisotopic (exact) mass is 302 g/mol. The molecule has 0 saturated carbocycles. The highest BCUT2D eigenvalue weighted by Gasteiger charge is 2.34. The van der Waals surface area contributed by atoms with E-state index in [1.165, 1.54) is 12.6 Å². The molecule has 118 valence electrons. The van der Waals surface area contributed by atoms with E-state index in [9.17, 15) is 13.2 Å². The second kappa shape index (κ2) is 6.27. The summed E-state index contributed by atoms with van der Waals surface area (Å²) in [6.45, 7) is 5.30. The number of aryl methyl sites for hydroxylation is 1. The lowest BCUT2D eigenvalue weighted by molar-refractivity contribution is -0.145. The molecule has 1 saturated heterocycles. The first-order valence-corrected chi connectivity index (χ1v) is 7.02. The van der Waals surface area contributed by atoms with Crippen molar-refractivity contribution in [3.05, 3.63) is 23.3 Å². The summed E-state index contributed by atoms with van der Waals surface area (Å²) in [5.74, 6) is -0.445. The fraction of sp³-hybridized carbons (Fsp3) is 0.714. The van der Waals surface area contributed by atoms with Crippen LogP contribution in [-0.2, 0) is 12.7 Å². The number of alkyl halides is 3. The summed E-state index contributed by atoms with van der Waals surface area (Å²) in [6, 6.07) is 0. The van der Waals surface area contributed by atoms with Crippen LogP contribution in [0.1, 0.15) is 23.5 Å². The van der Waals surface area contributed by atoms with Gasteiger partial charge in [-0.1, -0.05) is 0 Å². The molecular formula is C14H21F3N4. The molecule has 1 aliphatic rings. The van der Waals surface area contributed by atoms with E-state index in [0.717, 1.165) is 25.2 Å². The van der Waals surface area contributed by atoms with Gasteiger partial charge in [-0.05, 0) is 39.9 Å². The van der Waals surface area contributed by atoms with Crippen molar-refractivity contribution in [2.75, 3.05) is 33.7 Å². The van der Waals surface area contributed by atoms with E-state index >= 15 is 0 Å². The molecule has 1 aromatic rings. The second-order valence-corrected chi connectivity index (χ2v) is 5.92. The fourth-order valence-electron chi connectivity index (χ4n) is 2.76. The highest BCUT2D eigenvalue weighted by molar-refractivity contribution is 5.16. The van der Waals surface area contributed by atoms with Crippen LogP contribution in [0, 0.1) is 12.8 Å². The van der Waals surface area contributed by atoms with E-state index in [1.807, 2.05) is 7.05 Å². The molecule has 0 bridgehead atoms. The van der Waals surface area contributed by atoms with Crippen LogP contribution in [0.5, 0.6) is 0 Å². The Labute approximate surface area is 123 Å². The number of likely N-dealkylation sites (tertiary alicyclic amines) is 1. The Kier molecular flexibility index (Phi) is 4.83. The summed E-state index contributed by atoms with van der Waals surface area (Å²) in [4.78, 5) is 11.4. The maximum atomic E-state index is 12.5. The Balaban J connectivity index is 1.96. The zero-order chi connectivity index (χ0) is 15.6. The Bertz CT molecular complexity index is 490. The van der Waals surface area contributed by atoms with Gasteiger partial charge in [-0.2, -0.15) is 13.2 Å². The smallest absolute Gasteiger partial charge is 0.306 e. The summed E-state index contributed by atoms with van der Waals surface area (Å²) in [6.07, 6.45) is -2.02. The molecule has 1 aromatic heterocycles. The third-order valence-corrected chi connectivity index (χ3v) is 3.83. The average molecular weight is 302 g/mol. The standard InChI is InChI=1S/C14H21F3N4/c1-10-12(6-18-13(19-10)14(15,16)17)9-21(3)8-11-4-5-20(2)7-11/h6,11H,4-5,7-9H2,1-3H3. The molecule has 1 atom stereocenters. The largest absolute Gasteiger partial charge is 0.451 e. The van der Waals surface area contributed by atoms with Crippen LogP contribution in [0.25, 0.3) is 0 Å². The quantitative estimate of drug-likeness (QED) is 0.853. The van der Waals surface area contributed by atoms with E-state index in [1.54, 1.807) is 6.92 Å². The van der Waals surface area contributed by atoms with Crippen LogP contribution in [0.4, 0.5) is 13.2 Å². The molecule has 1 fully saturated rings. The average Bonchev–Trinajstić information content (AvgIpc) is 2.76. The van der Waals surface area contributed by atoms with E-state index < -0.39 is 12.0 Å². The molecule has 4 nitrogen and oxygen atoms in total. The predicted molar refractivity (Wildman–Crippen MR) is 73.7 cm³/mol. The predicted octanol–water partition coefficient (Wildman–Crippen LogP) is 2.19. The van der Waals surface area contributed by atoms with Crippen molar-refractivity contribution in [3.8, 4) is 0 Å². The first-order chi connectivity index (χ1) is 9.75. The van der Waals surface area contributed by atoms with E-state index in [-0.39, 0.29) is 0 Å². The minimum atomic E-state index is -4.48. The van der Waals surface area contributed by atoms with Gasteiger partial charge >= 0.3 is 6.18 Å². The van der Waals surface area contributed by atoms with Crippen LogP contribution < -0.4 is 0 Å². The summed E-state index contributed by atoms with van der Waals surface area (Å²) in [7, 11) is 4.09. The van der Waals surface area contributed by atoms with Crippen molar-refractivity contribution >= 4 is 0 Å². The topological polar surface area (TPSA) is 32.3 Å². The summed E-state index contributed by atoms with van der Waals surface area (Å²) in [5.41, 5.74) is 1.14. The Morgan fingerprint density at radius 3 is 2.67 bits per heavy atom. The van der Waals surface area contributed by atoms with Gasteiger partial charge in [0, 0.05) is 37.1 Å². The van der Waals surface area contributed by atoms with Gasteiger partial charge in [-0.15, -0.1) is 0 Å². The van der Waals surface area contributed by atoms with Crippen LogP contribution in [0.3, 0.4) is 0 Å². The Hall–Kier alpha value is -1.21. The molecule has 1 aliphatic heterocycles. The van der Waals surface area contributed by atoms with Crippen LogP contribution in [0.15, 0.2) is 6.20 Å². The Morgan fingerprint density at radius 1 is 1.43 bits per heavy atom. The normalized spacial score (nSPS) is 20.4. The third kappa shape index (κ3) is 4.38. The maximum Gasteiger partial charge on any atom is 0.451 e. The molecule has 0 N–H and O–H groups in total. The van der Waals surface area contributed by atoms with Gasteiger partial charge in [-0.3, -0.25) is 0 Å². The lowest BCUT2D eigenvalue weighted by Crippen LogP contribution is -2.27. The van der Waals surface area contributed by atoms with Gasteiger partial charge in [-0.25, -0.2) is 9.97 Å². The van der Waals surface area contributed by atoms with Gasteiger partial charge < -0.3 is 9.80 Å². The lowest BCUT2D eigenvalue weighted by atomic mass is 10.1. The zero-order valence-electron chi connectivity index (χ0n) is 12.6. The highest BCUT2D eigenvalue weighted by Crippen LogP contribution is 2.26. The molecular weight excluding hydrogens is 281 g/mol. The number of aromatic nitrogens is 2. The first kappa shape index (κ1) is 16.2. The van der Waals surface area contributed by atoms with Crippen molar-refractivity contribution in [2.45, 2.75) is 26.1 Å². The van der Waals surface area contributed by atoms with Crippen molar-refractivity contribution in [1.29, 1.82) is 0 Å². The number of nitrogens with zero attached hydrogens (tertiary/aromatic N) is 4. The van der Waals surface area contributed by atoms with Crippen molar-refractivity contribution in [2.24, 2.45) is 5.92 Å². The van der Waals surface area contributed by atoms with Crippen molar-refractivity contribution < 1.29 is 13.2 Å². The molecule has 2 rings (SSSR count). The minimum absolute atomic E-state index is 0.396. The van der Waals surface area contributed by atoms with Crippen LogP contribution in [0.2, 0.25) is 0 Å². The maximum absolute atomic E-state index is 12.5. The molecule has 0 aliphatic carbocycles. The van der Waals surface area contributed by atoms with Crippen molar-refractivity contribution in [1.82, 2.24) is 19.8 Å². The molecule has 1 unspecified atom stereocenters. The van der Waals surface area contributed by atoms with E-state index in [2.05, 4.69) is 26.8 Å². The first-order valence-electron chi connectivity index (χ1n) is 7.02. The zero-order valence-corrected chi connectivity index (χ0v) is 12.6. The number of hydrogen-bond acceptors (Lipinski definition) is 4. The van der Waals surface area contributed by atoms with E-state index in [0.29, 0.717) is 18.2 Å². The molecule has 0 spiro atoms. The summed E-state index contributed by atoms with van der Waals surface area (Å²) >= 11 is 0. The molecule has 0 amide bonds. The van der Waals surface area contributed by atoms with Gasteiger partial charge in [0.25, 0.3) is 0 Å². The molecule has 2 heterocycles. The van der Waals surface area contributed by atoms with Crippen LogP contribution in [-0.4, -0.2) is 53.5 Å². The third-order valence-electron chi connectivity index (χ3n) is 3.83. The molecule has 21 heavy (non-hydrogen) atoms. The SMILES string of the molecule is Cc1nc(C(F)(F)F)ncc1CN(C)CC1CCN(C)C1. The number of halogens is 3. The summed E-state index contributed by atoms with van der Waals surface area (Å²) < 4.78 is 37.6. The van der Waals surface area contributed by atoms with Gasteiger partial charge in [0.2, 0.25) is 5.82 Å². The number of rotatable bonds is 4. The summed E-state index contributed by atoms with van der Waals surface area (Å²) in [5, 5.41) is 0. The molecule has 0 radical (unpaired) electrons. The fourth-order valence-corrected chi connectivity index (χ4v) is 2.76. The second-order valence-electron chi connectivity index (χ2n) is 5.92. The molecule has 0 aromatic carbocycles. The van der Waals surface area contributed by atoms with Gasteiger partial charge in [0.1, 0.15) is 0 Å².